The molecule has 232 valence electrons. The van der Waals surface area contributed by atoms with Crippen molar-refractivity contribution in [3.8, 4) is 0 Å². The molecule has 0 bridgehead atoms. The fraction of sp³-hybridized carbons (Fsp3) is 0.909. The highest BCUT2D eigenvalue weighted by Gasteiger charge is 2.54. The number of carbonyl (C=O) groups is 2. The van der Waals surface area contributed by atoms with Crippen molar-refractivity contribution >= 4 is 11.8 Å². The summed E-state index contributed by atoms with van der Waals surface area (Å²) in [7, 11) is 0. The molecule has 0 radical (unpaired) electrons. The van der Waals surface area contributed by atoms with E-state index in [9.17, 15) is 55.5 Å². The third-order valence-corrected chi connectivity index (χ3v) is 6.90. The molecular weight excluding hydrogens is 548 g/mol. The quantitative estimate of drug-likeness (QED) is 0.120. The van der Waals surface area contributed by atoms with E-state index in [1.54, 1.807) is 0 Å². The van der Waals surface area contributed by atoms with Crippen LogP contribution in [0.3, 0.4) is 0 Å². The van der Waals surface area contributed by atoms with Gasteiger partial charge in [-0.25, -0.2) is 0 Å². The lowest BCUT2D eigenvalue weighted by Crippen LogP contribution is -2.69. The van der Waals surface area contributed by atoms with Gasteiger partial charge in [-0.1, -0.05) is 0 Å². The summed E-state index contributed by atoms with van der Waals surface area (Å²) < 4.78 is 27.5. The van der Waals surface area contributed by atoms with Crippen LogP contribution < -0.4 is 10.6 Å². The fourth-order valence-corrected chi connectivity index (χ4v) is 4.86. The second kappa shape index (κ2) is 14.0. The average Bonchev–Trinajstić information content (AvgIpc) is 2.90. The molecule has 0 saturated carbocycles. The molecule has 11 N–H and O–H groups in total. The summed E-state index contributed by atoms with van der Waals surface area (Å²) >= 11 is 0. The summed E-state index contributed by atoms with van der Waals surface area (Å²) in [5.41, 5.74) is 0. The predicted octanol–water partition coefficient (Wildman–Crippen LogP) is -7.29. The number of hydrogen-bond acceptors (Lipinski definition) is 16. The molecule has 0 unspecified atom stereocenters. The van der Waals surface area contributed by atoms with E-state index in [1.165, 1.54) is 0 Å². The first kappa shape index (κ1) is 32.9. The van der Waals surface area contributed by atoms with Crippen LogP contribution in [0.4, 0.5) is 0 Å². The molecule has 0 spiro atoms. The molecule has 2 amide bonds. The number of ether oxygens (including phenoxy) is 5. The van der Waals surface area contributed by atoms with E-state index in [-0.39, 0.29) is 0 Å². The van der Waals surface area contributed by atoms with E-state index < -0.39 is 124 Å². The van der Waals surface area contributed by atoms with Crippen LogP contribution in [0.2, 0.25) is 0 Å². The first-order valence-electron chi connectivity index (χ1n) is 12.6. The standard InChI is InChI=1S/C22H38N2O16/c1-6(28)23-11-15(32)13(30)8(3-25)37-21(11)39-18-10(5-27)38-22(17(34)16(18)33)40-19-12(24-7(2)29)20(35)36-9(4-26)14(19)31/h8-22,25-27,30-35H,3-5H2,1-2H3,(H,23,28)(H,24,29)/t8-,9-,10-,11-,12-,13+,14+,15-,16-,17-,18+,19-,20-,21+,22-/m1/s1. The Kier molecular flexibility index (Phi) is 11.5. The normalized spacial score (nSPS) is 46.0. The van der Waals surface area contributed by atoms with Gasteiger partial charge in [0.25, 0.3) is 0 Å². The Labute approximate surface area is 228 Å². The van der Waals surface area contributed by atoms with Crippen molar-refractivity contribution in [1.29, 1.82) is 0 Å². The van der Waals surface area contributed by atoms with E-state index >= 15 is 0 Å². The minimum absolute atomic E-state index is 0.641. The SMILES string of the molecule is CC(=O)N[C@@H]1[C@@H](O[C@H]2O[C@H](CO)[C@H](O[C@@H]3O[C@H](CO)[C@H](O)[C@H](O)[C@H]3NC(C)=O)[C@H](O)[C@H]2O)[C@@H](O)[C@@H](CO)O[C@H]1O. The molecule has 3 rings (SSSR count). The second-order valence-electron chi connectivity index (χ2n) is 9.81. The molecule has 3 aliphatic heterocycles. The maximum absolute atomic E-state index is 11.7. The molecule has 3 saturated heterocycles. The summed E-state index contributed by atoms with van der Waals surface area (Å²) in [5.74, 6) is -1.28. The number of nitrogens with one attached hydrogen (secondary N) is 2. The zero-order valence-electron chi connectivity index (χ0n) is 21.7. The van der Waals surface area contributed by atoms with Crippen LogP contribution in [0, 0.1) is 0 Å². The van der Waals surface area contributed by atoms with E-state index in [1.807, 2.05) is 0 Å². The number of aliphatic hydroxyl groups excluding tert-OH is 9. The molecule has 15 atom stereocenters. The fourth-order valence-electron chi connectivity index (χ4n) is 4.86. The smallest absolute Gasteiger partial charge is 0.217 e. The van der Waals surface area contributed by atoms with Gasteiger partial charge >= 0.3 is 0 Å². The minimum Gasteiger partial charge on any atom is -0.394 e. The van der Waals surface area contributed by atoms with Crippen molar-refractivity contribution in [2.75, 3.05) is 19.8 Å². The second-order valence-corrected chi connectivity index (χ2v) is 9.81. The number of rotatable bonds is 9. The third-order valence-electron chi connectivity index (χ3n) is 6.90. The van der Waals surface area contributed by atoms with Crippen molar-refractivity contribution in [2.24, 2.45) is 0 Å². The Balaban J connectivity index is 1.81. The van der Waals surface area contributed by atoms with E-state index in [4.69, 9.17) is 23.7 Å². The molecule has 0 aromatic carbocycles. The zero-order valence-corrected chi connectivity index (χ0v) is 21.7. The maximum Gasteiger partial charge on any atom is 0.217 e. The van der Waals surface area contributed by atoms with Gasteiger partial charge in [-0.15, -0.1) is 0 Å². The van der Waals surface area contributed by atoms with Crippen LogP contribution in [-0.4, -0.2) is 170 Å². The number of carbonyl (C=O) groups excluding carboxylic acids is 2. The van der Waals surface area contributed by atoms with Gasteiger partial charge in [-0.2, -0.15) is 0 Å². The molecule has 3 fully saturated rings. The van der Waals surface area contributed by atoms with Gasteiger partial charge in [-0.05, 0) is 0 Å². The molecule has 18 nitrogen and oxygen atoms in total. The monoisotopic (exact) mass is 586 g/mol. The number of amides is 2. The van der Waals surface area contributed by atoms with Crippen LogP contribution in [0.5, 0.6) is 0 Å². The lowest BCUT2D eigenvalue weighted by Gasteiger charge is -2.49. The van der Waals surface area contributed by atoms with Gasteiger partial charge in [0, 0.05) is 13.8 Å². The molecule has 0 aromatic rings. The van der Waals surface area contributed by atoms with Crippen molar-refractivity contribution in [3.05, 3.63) is 0 Å². The molecule has 3 aliphatic rings. The van der Waals surface area contributed by atoms with Crippen LogP contribution >= 0.6 is 0 Å². The average molecular weight is 587 g/mol. The van der Waals surface area contributed by atoms with E-state index in [2.05, 4.69) is 10.6 Å². The summed E-state index contributed by atoms with van der Waals surface area (Å²) in [6, 6.07) is -2.80. The molecule has 40 heavy (non-hydrogen) atoms. The highest BCUT2D eigenvalue weighted by Crippen LogP contribution is 2.32. The Morgan fingerprint density at radius 1 is 0.600 bits per heavy atom. The topological polar surface area (TPSA) is 286 Å². The summed E-state index contributed by atoms with van der Waals surface area (Å²) in [4.78, 5) is 23.3. The molecular formula is C22H38N2O16. The van der Waals surface area contributed by atoms with Crippen LogP contribution in [-0.2, 0) is 33.3 Å². The summed E-state index contributed by atoms with van der Waals surface area (Å²) in [5, 5.41) is 96.9. The van der Waals surface area contributed by atoms with Crippen LogP contribution in [0.25, 0.3) is 0 Å². The predicted molar refractivity (Wildman–Crippen MR) is 124 cm³/mol. The van der Waals surface area contributed by atoms with Gasteiger partial charge in [0.15, 0.2) is 18.9 Å². The van der Waals surface area contributed by atoms with Crippen molar-refractivity contribution < 1.29 is 79.2 Å². The van der Waals surface area contributed by atoms with Crippen LogP contribution in [0.1, 0.15) is 13.8 Å². The largest absolute Gasteiger partial charge is 0.394 e. The molecule has 0 aliphatic carbocycles. The maximum atomic E-state index is 11.7. The first-order valence-corrected chi connectivity index (χ1v) is 12.6. The van der Waals surface area contributed by atoms with E-state index in [0.29, 0.717) is 0 Å². The summed E-state index contributed by atoms with van der Waals surface area (Å²) in [6.45, 7) is -0.101. The van der Waals surface area contributed by atoms with Gasteiger partial charge in [0.1, 0.15) is 73.1 Å². The van der Waals surface area contributed by atoms with E-state index in [0.717, 1.165) is 13.8 Å². The highest BCUT2D eigenvalue weighted by atomic mass is 16.7. The van der Waals surface area contributed by atoms with Gasteiger partial charge in [0.05, 0.1) is 19.8 Å². The molecule has 18 heteroatoms. The minimum atomic E-state index is -1.95. The molecule has 0 aromatic heterocycles. The summed E-state index contributed by atoms with van der Waals surface area (Å²) in [6.07, 6.45) is -21.2. The Morgan fingerprint density at radius 3 is 1.65 bits per heavy atom. The lowest BCUT2D eigenvalue weighted by molar-refractivity contribution is -0.364. The number of hydrogen-bond donors (Lipinski definition) is 11. The Hall–Kier alpha value is -1.62. The Morgan fingerprint density at radius 2 is 1.10 bits per heavy atom. The van der Waals surface area contributed by atoms with Gasteiger partial charge in [0.2, 0.25) is 11.8 Å². The first-order chi connectivity index (χ1) is 18.8. The highest BCUT2D eigenvalue weighted by molar-refractivity contribution is 5.73. The third kappa shape index (κ3) is 7.05. The van der Waals surface area contributed by atoms with Crippen molar-refractivity contribution in [1.82, 2.24) is 10.6 Å². The van der Waals surface area contributed by atoms with Gasteiger partial charge < -0.3 is 80.3 Å². The zero-order chi connectivity index (χ0) is 29.9. The molecule has 3 heterocycles. The van der Waals surface area contributed by atoms with Crippen molar-refractivity contribution in [3.63, 3.8) is 0 Å². The lowest BCUT2D eigenvalue weighted by atomic mass is 9.94. The Bertz CT molecular complexity index is 852. The van der Waals surface area contributed by atoms with Crippen LogP contribution in [0.15, 0.2) is 0 Å². The number of aliphatic hydroxyl groups is 9. The van der Waals surface area contributed by atoms with Gasteiger partial charge in [-0.3, -0.25) is 9.59 Å². The van der Waals surface area contributed by atoms with Crippen molar-refractivity contribution in [2.45, 2.75) is 106 Å².